The predicted octanol–water partition coefficient (Wildman–Crippen LogP) is 9.30. The topological polar surface area (TPSA) is 29.5 Å². The quantitative estimate of drug-likeness (QED) is 0.0711. The minimum Gasteiger partial charge on any atom is -0.466 e. The molecule has 1 aliphatic carbocycles. The molecular weight excluding hydrogens is 442 g/mol. The molecule has 0 aromatic carbocycles. The Hall–Kier alpha value is -0.280. The SMILES string of the molecule is CCCCCCC(CCCCCC)CCCCCC(=O)OCCCCCN(CCCl)C1CCC1. The van der Waals surface area contributed by atoms with Gasteiger partial charge in [0, 0.05) is 24.9 Å². The third kappa shape index (κ3) is 17.2. The fourth-order valence-electron chi connectivity index (χ4n) is 5.22. The van der Waals surface area contributed by atoms with Crippen LogP contribution >= 0.6 is 11.6 Å². The molecule has 3 nitrogen and oxygen atoms in total. The van der Waals surface area contributed by atoms with Crippen LogP contribution in [0, 0.1) is 5.92 Å². The summed E-state index contributed by atoms with van der Waals surface area (Å²) >= 11 is 5.96. The number of alkyl halides is 1. The van der Waals surface area contributed by atoms with Crippen molar-refractivity contribution in [1.29, 1.82) is 0 Å². The van der Waals surface area contributed by atoms with E-state index in [4.69, 9.17) is 16.3 Å². The van der Waals surface area contributed by atoms with E-state index >= 15 is 0 Å². The van der Waals surface area contributed by atoms with Crippen molar-refractivity contribution in [3.63, 3.8) is 0 Å². The molecule has 0 heterocycles. The van der Waals surface area contributed by atoms with Crippen molar-refractivity contribution in [2.75, 3.05) is 25.6 Å². The van der Waals surface area contributed by atoms with Crippen LogP contribution in [-0.2, 0) is 9.53 Å². The predicted molar refractivity (Wildman–Crippen MR) is 149 cm³/mol. The van der Waals surface area contributed by atoms with Gasteiger partial charge in [0.2, 0.25) is 0 Å². The molecule has 0 bridgehead atoms. The molecule has 1 rings (SSSR count). The summed E-state index contributed by atoms with van der Waals surface area (Å²) in [6, 6.07) is 0.772. The molecule has 0 aromatic rings. The molecule has 0 N–H and O–H groups in total. The van der Waals surface area contributed by atoms with Gasteiger partial charge in [0.15, 0.2) is 0 Å². The Bertz CT molecular complexity index is 443. The van der Waals surface area contributed by atoms with Crippen molar-refractivity contribution in [1.82, 2.24) is 4.90 Å². The molecule has 1 fully saturated rings. The number of carbonyl (C=O) groups excluding carboxylic acids is 1. The van der Waals surface area contributed by atoms with Gasteiger partial charge in [-0.25, -0.2) is 0 Å². The van der Waals surface area contributed by atoms with Crippen LogP contribution in [0.3, 0.4) is 0 Å². The van der Waals surface area contributed by atoms with E-state index in [1.165, 1.54) is 109 Å². The minimum atomic E-state index is 0.00826. The monoisotopic (exact) mass is 499 g/mol. The zero-order chi connectivity index (χ0) is 24.7. The highest BCUT2D eigenvalue weighted by Gasteiger charge is 2.23. The average Bonchev–Trinajstić information content (AvgIpc) is 2.79. The maximum absolute atomic E-state index is 12.1. The summed E-state index contributed by atoms with van der Waals surface area (Å²) in [4.78, 5) is 14.6. The third-order valence-electron chi connectivity index (χ3n) is 7.74. The highest BCUT2D eigenvalue weighted by molar-refractivity contribution is 6.18. The lowest BCUT2D eigenvalue weighted by molar-refractivity contribution is -0.143. The molecule has 0 saturated heterocycles. The molecule has 0 atom stereocenters. The van der Waals surface area contributed by atoms with Gasteiger partial charge in [-0.15, -0.1) is 11.6 Å². The number of carbonyl (C=O) groups is 1. The van der Waals surface area contributed by atoms with Crippen LogP contribution in [0.1, 0.15) is 149 Å². The van der Waals surface area contributed by atoms with E-state index in [-0.39, 0.29) is 5.97 Å². The number of ether oxygens (including phenoxy) is 1. The molecule has 0 aromatic heterocycles. The number of rotatable bonds is 25. The second-order valence-corrected chi connectivity index (χ2v) is 11.1. The number of nitrogens with zero attached hydrogens (tertiary/aromatic N) is 1. The van der Waals surface area contributed by atoms with E-state index < -0.39 is 0 Å². The Morgan fingerprint density at radius 3 is 1.91 bits per heavy atom. The molecule has 202 valence electrons. The Labute approximate surface area is 218 Å². The molecular formula is C30H58ClNO2. The third-order valence-corrected chi connectivity index (χ3v) is 7.91. The highest BCUT2D eigenvalue weighted by atomic mass is 35.5. The lowest BCUT2D eigenvalue weighted by Crippen LogP contribution is -2.41. The van der Waals surface area contributed by atoms with Crippen molar-refractivity contribution < 1.29 is 9.53 Å². The second kappa shape index (κ2) is 23.1. The van der Waals surface area contributed by atoms with Gasteiger partial charge in [0.25, 0.3) is 0 Å². The molecule has 1 saturated carbocycles. The number of hydrogen-bond donors (Lipinski definition) is 0. The number of esters is 1. The smallest absolute Gasteiger partial charge is 0.305 e. The standard InChI is InChI=1S/C30H58ClNO2/c1-3-5-7-11-18-28(19-12-8-6-4-2)20-13-9-14-23-30(33)34-27-16-10-15-25-32(26-24-31)29-21-17-22-29/h28-29H,3-27H2,1-2H3. The Balaban J connectivity index is 2.01. The van der Waals surface area contributed by atoms with E-state index in [9.17, 15) is 4.79 Å². The van der Waals surface area contributed by atoms with Gasteiger partial charge in [-0.2, -0.15) is 0 Å². The summed E-state index contributed by atoms with van der Waals surface area (Å²) < 4.78 is 5.48. The lowest BCUT2D eigenvalue weighted by Gasteiger charge is -2.37. The first-order valence-electron chi connectivity index (χ1n) is 15.2. The first-order chi connectivity index (χ1) is 16.7. The summed E-state index contributed by atoms with van der Waals surface area (Å²) in [5.74, 6) is 1.64. The fraction of sp³-hybridized carbons (Fsp3) is 0.967. The van der Waals surface area contributed by atoms with E-state index in [0.717, 1.165) is 50.2 Å². The van der Waals surface area contributed by atoms with Gasteiger partial charge in [0.05, 0.1) is 6.61 Å². The average molecular weight is 500 g/mol. The highest BCUT2D eigenvalue weighted by Crippen LogP contribution is 2.25. The van der Waals surface area contributed by atoms with E-state index in [1.54, 1.807) is 0 Å². The van der Waals surface area contributed by atoms with Crippen molar-refractivity contribution in [2.24, 2.45) is 5.92 Å². The molecule has 0 aliphatic heterocycles. The summed E-state index contributed by atoms with van der Waals surface area (Å²) in [6.07, 6.45) is 26.6. The van der Waals surface area contributed by atoms with E-state index in [0.29, 0.717) is 13.0 Å². The van der Waals surface area contributed by atoms with Crippen LogP contribution in [0.25, 0.3) is 0 Å². The van der Waals surface area contributed by atoms with Gasteiger partial charge in [-0.3, -0.25) is 9.69 Å². The summed E-state index contributed by atoms with van der Waals surface area (Å²) in [6.45, 7) is 7.33. The first-order valence-corrected chi connectivity index (χ1v) is 15.7. The molecule has 4 heteroatoms. The Morgan fingerprint density at radius 2 is 1.38 bits per heavy atom. The first kappa shape index (κ1) is 31.7. The van der Waals surface area contributed by atoms with Gasteiger partial charge >= 0.3 is 5.97 Å². The van der Waals surface area contributed by atoms with E-state index in [1.807, 2.05) is 0 Å². The molecule has 1 aliphatic rings. The van der Waals surface area contributed by atoms with Crippen LogP contribution in [0.2, 0.25) is 0 Å². The zero-order valence-electron chi connectivity index (χ0n) is 23.0. The van der Waals surface area contributed by atoms with Gasteiger partial charge in [-0.1, -0.05) is 104 Å². The molecule has 34 heavy (non-hydrogen) atoms. The second-order valence-electron chi connectivity index (χ2n) is 10.8. The summed E-state index contributed by atoms with van der Waals surface area (Å²) in [5, 5.41) is 0. The number of halogens is 1. The van der Waals surface area contributed by atoms with Gasteiger partial charge in [0.1, 0.15) is 0 Å². The Morgan fingerprint density at radius 1 is 0.794 bits per heavy atom. The summed E-state index contributed by atoms with van der Waals surface area (Å²) in [7, 11) is 0. The van der Waals surface area contributed by atoms with E-state index in [2.05, 4.69) is 18.7 Å². The molecule has 0 spiro atoms. The molecule has 0 unspecified atom stereocenters. The van der Waals surface area contributed by atoms with Crippen molar-refractivity contribution in [3.8, 4) is 0 Å². The number of unbranched alkanes of at least 4 members (excludes halogenated alkanes) is 10. The minimum absolute atomic E-state index is 0.00826. The normalized spacial score (nSPS) is 14.1. The van der Waals surface area contributed by atoms with Crippen molar-refractivity contribution in [2.45, 2.75) is 155 Å². The fourth-order valence-corrected chi connectivity index (χ4v) is 5.44. The maximum atomic E-state index is 12.1. The molecule has 0 amide bonds. The van der Waals surface area contributed by atoms with Crippen molar-refractivity contribution in [3.05, 3.63) is 0 Å². The van der Waals surface area contributed by atoms with Crippen LogP contribution in [0.15, 0.2) is 0 Å². The maximum Gasteiger partial charge on any atom is 0.305 e. The Kier molecular flexibility index (Phi) is 21.6. The van der Waals surface area contributed by atoms with Crippen LogP contribution in [0.4, 0.5) is 0 Å². The summed E-state index contributed by atoms with van der Waals surface area (Å²) in [5.41, 5.74) is 0. The molecule has 0 radical (unpaired) electrons. The number of hydrogen-bond acceptors (Lipinski definition) is 3. The van der Waals surface area contributed by atoms with Gasteiger partial charge < -0.3 is 4.74 Å². The largest absolute Gasteiger partial charge is 0.466 e. The van der Waals surface area contributed by atoms with Crippen LogP contribution < -0.4 is 0 Å². The van der Waals surface area contributed by atoms with Gasteiger partial charge in [-0.05, 0) is 51.0 Å². The lowest BCUT2D eigenvalue weighted by atomic mass is 9.89. The van der Waals surface area contributed by atoms with Crippen LogP contribution in [-0.4, -0.2) is 42.5 Å². The van der Waals surface area contributed by atoms with Crippen LogP contribution in [0.5, 0.6) is 0 Å². The van der Waals surface area contributed by atoms with Crippen molar-refractivity contribution >= 4 is 17.6 Å². The zero-order valence-corrected chi connectivity index (χ0v) is 23.7.